The quantitative estimate of drug-likeness (QED) is 0.769. The van der Waals surface area contributed by atoms with Crippen molar-refractivity contribution in [3.8, 4) is 0 Å². The molecule has 0 amide bonds. The van der Waals surface area contributed by atoms with Crippen LogP contribution in [-0.4, -0.2) is 16.3 Å². The smallest absolute Gasteiger partial charge is 0.0863 e. The molecule has 18 heavy (non-hydrogen) atoms. The lowest BCUT2D eigenvalue weighted by atomic mass is 9.83. The van der Waals surface area contributed by atoms with Crippen LogP contribution in [0.4, 0.5) is 0 Å². The second-order valence-corrected chi connectivity index (χ2v) is 5.52. The molecule has 1 aromatic rings. The van der Waals surface area contributed by atoms with Crippen LogP contribution in [0.2, 0.25) is 5.02 Å². The number of halogens is 1. The molecule has 2 rings (SSSR count). The third kappa shape index (κ3) is 3.07. The molecular formula is C14H24ClN3. The standard InChI is InChI=1S/C14H24ClN3/c1-3-12-14(15)13(18(4-2)17-12)10-16-9-8-11-6-5-7-11/h11,16H,3-10H2,1-2H3. The zero-order valence-electron chi connectivity index (χ0n) is 11.5. The van der Waals surface area contributed by atoms with E-state index < -0.39 is 0 Å². The molecule has 3 nitrogen and oxygen atoms in total. The van der Waals surface area contributed by atoms with Crippen LogP contribution in [0.25, 0.3) is 0 Å². The summed E-state index contributed by atoms with van der Waals surface area (Å²) in [6.07, 6.45) is 6.49. The fourth-order valence-corrected chi connectivity index (χ4v) is 2.82. The monoisotopic (exact) mass is 269 g/mol. The molecule has 1 fully saturated rings. The second-order valence-electron chi connectivity index (χ2n) is 5.14. The van der Waals surface area contributed by atoms with Gasteiger partial charge in [0.1, 0.15) is 0 Å². The predicted octanol–water partition coefficient (Wildman–Crippen LogP) is 3.40. The van der Waals surface area contributed by atoms with Crippen LogP contribution in [-0.2, 0) is 19.5 Å². The van der Waals surface area contributed by atoms with Gasteiger partial charge in [0.2, 0.25) is 0 Å². The van der Waals surface area contributed by atoms with Gasteiger partial charge < -0.3 is 5.32 Å². The molecule has 1 aliphatic rings. The van der Waals surface area contributed by atoms with Crippen molar-refractivity contribution >= 4 is 11.6 Å². The first-order valence-electron chi connectivity index (χ1n) is 7.21. The van der Waals surface area contributed by atoms with E-state index in [1.807, 2.05) is 4.68 Å². The van der Waals surface area contributed by atoms with E-state index in [4.69, 9.17) is 11.6 Å². The summed E-state index contributed by atoms with van der Waals surface area (Å²) in [5, 5.41) is 8.90. The summed E-state index contributed by atoms with van der Waals surface area (Å²) in [7, 11) is 0. The number of nitrogens with one attached hydrogen (secondary N) is 1. The van der Waals surface area contributed by atoms with Gasteiger partial charge in [-0.2, -0.15) is 5.10 Å². The molecule has 0 atom stereocenters. The molecule has 0 radical (unpaired) electrons. The summed E-state index contributed by atoms with van der Waals surface area (Å²) in [5.41, 5.74) is 2.17. The molecule has 1 N–H and O–H groups in total. The summed E-state index contributed by atoms with van der Waals surface area (Å²) in [5.74, 6) is 0.968. The molecule has 1 aliphatic carbocycles. The number of rotatable bonds is 7. The summed E-state index contributed by atoms with van der Waals surface area (Å²) < 4.78 is 2.03. The zero-order chi connectivity index (χ0) is 13.0. The number of aromatic nitrogens is 2. The summed E-state index contributed by atoms with van der Waals surface area (Å²) in [4.78, 5) is 0. The average Bonchev–Trinajstić information content (AvgIpc) is 2.63. The van der Waals surface area contributed by atoms with Crippen molar-refractivity contribution in [2.75, 3.05) is 6.54 Å². The van der Waals surface area contributed by atoms with Crippen molar-refractivity contribution in [2.24, 2.45) is 5.92 Å². The molecule has 1 saturated carbocycles. The van der Waals surface area contributed by atoms with Gasteiger partial charge in [0.05, 0.1) is 16.4 Å². The minimum Gasteiger partial charge on any atom is -0.311 e. The highest BCUT2D eigenvalue weighted by molar-refractivity contribution is 6.31. The van der Waals surface area contributed by atoms with E-state index >= 15 is 0 Å². The predicted molar refractivity (Wildman–Crippen MR) is 76.0 cm³/mol. The third-order valence-corrected chi connectivity index (χ3v) is 4.38. The van der Waals surface area contributed by atoms with Crippen LogP contribution in [0, 0.1) is 5.92 Å². The van der Waals surface area contributed by atoms with Gasteiger partial charge in [-0.1, -0.05) is 37.8 Å². The second kappa shape index (κ2) is 6.58. The van der Waals surface area contributed by atoms with Crippen LogP contribution in [0.3, 0.4) is 0 Å². The lowest BCUT2D eigenvalue weighted by molar-refractivity contribution is 0.291. The van der Waals surface area contributed by atoms with Crippen LogP contribution in [0.1, 0.15) is 50.9 Å². The van der Waals surface area contributed by atoms with Gasteiger partial charge in [0.15, 0.2) is 0 Å². The van der Waals surface area contributed by atoms with Gasteiger partial charge >= 0.3 is 0 Å². The largest absolute Gasteiger partial charge is 0.311 e. The molecule has 0 bridgehead atoms. The Kier molecular flexibility index (Phi) is 5.07. The molecule has 0 aromatic carbocycles. The Labute approximate surface area is 115 Å². The molecule has 0 spiro atoms. The molecule has 102 valence electrons. The van der Waals surface area contributed by atoms with E-state index in [1.165, 1.54) is 25.7 Å². The van der Waals surface area contributed by atoms with E-state index in [0.717, 1.165) is 48.4 Å². The van der Waals surface area contributed by atoms with Gasteiger partial charge in [-0.05, 0) is 32.2 Å². The SMILES string of the molecule is CCc1nn(CC)c(CNCCC2CCC2)c1Cl. The van der Waals surface area contributed by atoms with Gasteiger partial charge in [-0.15, -0.1) is 0 Å². The number of hydrogen-bond donors (Lipinski definition) is 1. The Bertz CT molecular complexity index is 383. The first-order chi connectivity index (χ1) is 8.76. The molecule has 4 heteroatoms. The number of hydrogen-bond acceptors (Lipinski definition) is 2. The lowest BCUT2D eigenvalue weighted by Crippen LogP contribution is -2.22. The molecular weight excluding hydrogens is 246 g/mol. The molecule has 0 aliphatic heterocycles. The third-order valence-electron chi connectivity index (χ3n) is 3.94. The van der Waals surface area contributed by atoms with E-state index in [1.54, 1.807) is 0 Å². The summed E-state index contributed by atoms with van der Waals surface area (Å²) in [6.45, 7) is 7.03. The van der Waals surface area contributed by atoms with Crippen molar-refractivity contribution in [2.45, 2.75) is 59.0 Å². The lowest BCUT2D eigenvalue weighted by Gasteiger charge is -2.25. The maximum Gasteiger partial charge on any atom is 0.0863 e. The van der Waals surface area contributed by atoms with Crippen molar-refractivity contribution in [3.63, 3.8) is 0 Å². The molecule has 1 heterocycles. The molecule has 0 saturated heterocycles. The normalized spacial score (nSPS) is 15.9. The topological polar surface area (TPSA) is 29.9 Å². The number of nitrogens with zero attached hydrogens (tertiary/aromatic N) is 2. The van der Waals surface area contributed by atoms with Crippen LogP contribution in [0.15, 0.2) is 0 Å². The first kappa shape index (κ1) is 13.9. The van der Waals surface area contributed by atoms with Crippen LogP contribution >= 0.6 is 11.6 Å². The average molecular weight is 270 g/mol. The number of aryl methyl sites for hydroxylation is 2. The van der Waals surface area contributed by atoms with Gasteiger partial charge in [-0.25, -0.2) is 0 Å². The maximum absolute atomic E-state index is 6.36. The first-order valence-corrected chi connectivity index (χ1v) is 7.58. The minimum atomic E-state index is 0.840. The Hall–Kier alpha value is -0.540. The maximum atomic E-state index is 6.36. The summed E-state index contributed by atoms with van der Waals surface area (Å²) >= 11 is 6.36. The summed E-state index contributed by atoms with van der Waals surface area (Å²) in [6, 6.07) is 0. The van der Waals surface area contributed by atoms with Gasteiger partial charge in [-0.3, -0.25) is 4.68 Å². The van der Waals surface area contributed by atoms with Crippen LogP contribution < -0.4 is 5.32 Å². The Morgan fingerprint density at radius 3 is 2.72 bits per heavy atom. The van der Waals surface area contributed by atoms with Crippen molar-refractivity contribution in [1.82, 2.24) is 15.1 Å². The highest BCUT2D eigenvalue weighted by Crippen LogP contribution is 2.28. The Balaban J connectivity index is 1.84. The van der Waals surface area contributed by atoms with Crippen molar-refractivity contribution in [3.05, 3.63) is 16.4 Å². The fourth-order valence-electron chi connectivity index (χ4n) is 2.48. The highest BCUT2D eigenvalue weighted by atomic mass is 35.5. The van der Waals surface area contributed by atoms with Crippen LogP contribution in [0.5, 0.6) is 0 Å². The van der Waals surface area contributed by atoms with Crippen molar-refractivity contribution < 1.29 is 0 Å². The highest BCUT2D eigenvalue weighted by Gasteiger charge is 2.17. The molecule has 0 unspecified atom stereocenters. The fraction of sp³-hybridized carbons (Fsp3) is 0.786. The Morgan fingerprint density at radius 1 is 1.39 bits per heavy atom. The van der Waals surface area contributed by atoms with E-state index in [-0.39, 0.29) is 0 Å². The minimum absolute atomic E-state index is 0.840. The van der Waals surface area contributed by atoms with E-state index in [2.05, 4.69) is 24.3 Å². The van der Waals surface area contributed by atoms with E-state index in [9.17, 15) is 0 Å². The Morgan fingerprint density at radius 2 is 2.17 bits per heavy atom. The van der Waals surface area contributed by atoms with Crippen molar-refractivity contribution in [1.29, 1.82) is 0 Å². The van der Waals surface area contributed by atoms with E-state index in [0.29, 0.717) is 0 Å². The van der Waals surface area contributed by atoms with Gasteiger partial charge in [0, 0.05) is 13.1 Å². The molecule has 1 aromatic heterocycles. The zero-order valence-corrected chi connectivity index (χ0v) is 12.3. The van der Waals surface area contributed by atoms with Gasteiger partial charge in [0.25, 0.3) is 0 Å².